The van der Waals surface area contributed by atoms with Crippen LogP contribution in [-0.4, -0.2) is 28.7 Å². The van der Waals surface area contributed by atoms with Crippen LogP contribution >= 0.6 is 0 Å². The summed E-state index contributed by atoms with van der Waals surface area (Å²) in [6, 6.07) is 3.50. The van der Waals surface area contributed by atoms with Crippen molar-refractivity contribution in [3.8, 4) is 5.88 Å². The Morgan fingerprint density at radius 2 is 2.42 bits per heavy atom. The molecule has 1 aliphatic rings. The fraction of sp³-hybridized carbons (Fsp3) is 0.571. The summed E-state index contributed by atoms with van der Waals surface area (Å²) in [5.74, 6) is 0.116. The number of anilines is 1. The molecule has 0 aromatic carbocycles. The second-order valence-corrected chi connectivity index (χ2v) is 5.30. The maximum absolute atomic E-state index is 11.7. The average Bonchev–Trinajstić information content (AvgIpc) is 2.38. The SMILES string of the molecule is COc1cc(NC2(C(=O)O)CCCC(C)C2)ccn1. The highest BCUT2D eigenvalue weighted by atomic mass is 16.5. The van der Waals surface area contributed by atoms with Gasteiger partial charge in [-0.1, -0.05) is 19.8 Å². The monoisotopic (exact) mass is 264 g/mol. The highest BCUT2D eigenvalue weighted by molar-refractivity contribution is 5.83. The molecule has 1 saturated carbocycles. The predicted octanol–water partition coefficient (Wildman–Crippen LogP) is 2.54. The predicted molar refractivity (Wildman–Crippen MR) is 72.4 cm³/mol. The number of pyridine rings is 1. The largest absolute Gasteiger partial charge is 0.481 e. The first-order valence-corrected chi connectivity index (χ1v) is 6.57. The molecule has 2 rings (SSSR count). The molecule has 2 N–H and O–H groups in total. The summed E-state index contributed by atoms with van der Waals surface area (Å²) in [6.07, 6.45) is 4.94. The molecule has 1 heterocycles. The standard InChI is InChI=1S/C14H20N2O3/c1-10-4-3-6-14(9-10,13(17)18)16-11-5-7-15-12(8-11)19-2/h5,7-8,10H,3-4,6,9H2,1-2H3,(H,15,16)(H,17,18). The van der Waals surface area contributed by atoms with Crippen molar-refractivity contribution in [1.29, 1.82) is 0 Å². The molecule has 0 amide bonds. The number of methoxy groups -OCH3 is 1. The van der Waals surface area contributed by atoms with Crippen molar-refractivity contribution in [3.05, 3.63) is 18.3 Å². The number of ether oxygens (including phenoxy) is 1. The number of nitrogens with one attached hydrogen (secondary N) is 1. The Bertz CT molecular complexity index is 464. The molecule has 5 heteroatoms. The van der Waals surface area contributed by atoms with Crippen LogP contribution in [-0.2, 0) is 4.79 Å². The van der Waals surface area contributed by atoms with Gasteiger partial charge in [0.2, 0.25) is 5.88 Å². The van der Waals surface area contributed by atoms with E-state index in [4.69, 9.17) is 4.74 Å². The number of aliphatic carboxylic acids is 1. The Labute approximate surface area is 113 Å². The van der Waals surface area contributed by atoms with Crippen molar-refractivity contribution in [2.24, 2.45) is 5.92 Å². The fourth-order valence-corrected chi connectivity index (χ4v) is 2.79. The van der Waals surface area contributed by atoms with E-state index in [2.05, 4.69) is 17.2 Å². The lowest BCUT2D eigenvalue weighted by Gasteiger charge is -2.37. The topological polar surface area (TPSA) is 71.5 Å². The molecule has 0 saturated heterocycles. The van der Waals surface area contributed by atoms with Gasteiger partial charge in [0, 0.05) is 18.0 Å². The zero-order valence-electron chi connectivity index (χ0n) is 11.3. The van der Waals surface area contributed by atoms with E-state index in [1.165, 1.54) is 0 Å². The van der Waals surface area contributed by atoms with Crippen LogP contribution < -0.4 is 10.1 Å². The molecule has 1 aromatic heterocycles. The van der Waals surface area contributed by atoms with E-state index in [9.17, 15) is 9.90 Å². The lowest BCUT2D eigenvalue weighted by molar-refractivity contribution is -0.144. The molecular weight excluding hydrogens is 244 g/mol. The van der Waals surface area contributed by atoms with Crippen LogP contribution in [0.1, 0.15) is 32.6 Å². The zero-order valence-corrected chi connectivity index (χ0v) is 11.3. The highest BCUT2D eigenvalue weighted by Gasteiger charge is 2.41. The van der Waals surface area contributed by atoms with E-state index in [0.29, 0.717) is 24.6 Å². The van der Waals surface area contributed by atoms with Crippen LogP contribution in [0, 0.1) is 5.92 Å². The van der Waals surface area contributed by atoms with Gasteiger partial charge in [-0.2, -0.15) is 0 Å². The Hall–Kier alpha value is -1.78. The number of carboxylic acids is 1. The van der Waals surface area contributed by atoms with Gasteiger partial charge in [-0.05, 0) is 24.8 Å². The number of nitrogens with zero attached hydrogens (tertiary/aromatic N) is 1. The summed E-state index contributed by atoms with van der Waals surface area (Å²) in [4.78, 5) is 15.7. The molecule has 1 aromatic rings. The number of carbonyl (C=O) groups is 1. The third-order valence-electron chi connectivity index (χ3n) is 3.73. The number of hydrogen-bond donors (Lipinski definition) is 2. The molecule has 2 unspecified atom stereocenters. The lowest BCUT2D eigenvalue weighted by Crippen LogP contribution is -2.49. The minimum Gasteiger partial charge on any atom is -0.481 e. The van der Waals surface area contributed by atoms with E-state index < -0.39 is 11.5 Å². The average molecular weight is 264 g/mol. The summed E-state index contributed by atoms with van der Waals surface area (Å²) < 4.78 is 5.06. The lowest BCUT2D eigenvalue weighted by atomic mass is 9.76. The van der Waals surface area contributed by atoms with Crippen molar-refractivity contribution in [3.63, 3.8) is 0 Å². The Balaban J connectivity index is 2.23. The summed E-state index contributed by atoms with van der Waals surface area (Å²) in [5, 5.41) is 12.8. The molecule has 0 aliphatic heterocycles. The number of aromatic nitrogens is 1. The van der Waals surface area contributed by atoms with E-state index in [-0.39, 0.29) is 0 Å². The number of hydrogen-bond acceptors (Lipinski definition) is 4. The third kappa shape index (κ3) is 2.97. The van der Waals surface area contributed by atoms with Gasteiger partial charge in [-0.15, -0.1) is 0 Å². The van der Waals surface area contributed by atoms with E-state index in [1.807, 2.05) is 0 Å². The van der Waals surface area contributed by atoms with E-state index >= 15 is 0 Å². The van der Waals surface area contributed by atoms with Crippen molar-refractivity contribution in [2.75, 3.05) is 12.4 Å². The Kier molecular flexibility index (Phi) is 3.93. The van der Waals surface area contributed by atoms with Crippen molar-refractivity contribution < 1.29 is 14.6 Å². The first-order chi connectivity index (χ1) is 9.05. The zero-order chi connectivity index (χ0) is 13.9. The molecule has 19 heavy (non-hydrogen) atoms. The van der Waals surface area contributed by atoms with Crippen LogP contribution in [0.25, 0.3) is 0 Å². The molecule has 2 atom stereocenters. The molecule has 5 nitrogen and oxygen atoms in total. The summed E-state index contributed by atoms with van der Waals surface area (Å²) in [7, 11) is 1.54. The Morgan fingerprint density at radius 3 is 3.05 bits per heavy atom. The maximum Gasteiger partial charge on any atom is 0.329 e. The number of carboxylic acid groups (broad SMARTS) is 1. The third-order valence-corrected chi connectivity index (χ3v) is 3.73. The molecular formula is C14H20N2O3. The van der Waals surface area contributed by atoms with Crippen molar-refractivity contribution in [2.45, 2.75) is 38.1 Å². The highest BCUT2D eigenvalue weighted by Crippen LogP contribution is 2.35. The molecule has 0 bridgehead atoms. The fourth-order valence-electron chi connectivity index (χ4n) is 2.79. The van der Waals surface area contributed by atoms with Gasteiger partial charge in [0.1, 0.15) is 5.54 Å². The van der Waals surface area contributed by atoms with Crippen molar-refractivity contribution >= 4 is 11.7 Å². The molecule has 0 spiro atoms. The van der Waals surface area contributed by atoms with Crippen LogP contribution in [0.3, 0.4) is 0 Å². The first-order valence-electron chi connectivity index (χ1n) is 6.57. The second-order valence-electron chi connectivity index (χ2n) is 5.30. The number of rotatable bonds is 4. The molecule has 0 radical (unpaired) electrons. The van der Waals surface area contributed by atoms with Gasteiger partial charge in [0.15, 0.2) is 0 Å². The minimum atomic E-state index is -0.871. The van der Waals surface area contributed by atoms with Crippen LogP contribution in [0.5, 0.6) is 5.88 Å². The van der Waals surface area contributed by atoms with Gasteiger partial charge in [-0.25, -0.2) is 9.78 Å². The smallest absolute Gasteiger partial charge is 0.329 e. The maximum atomic E-state index is 11.7. The summed E-state index contributed by atoms with van der Waals surface area (Å²) in [5.41, 5.74) is -0.132. The van der Waals surface area contributed by atoms with Gasteiger partial charge in [-0.3, -0.25) is 0 Å². The normalized spacial score (nSPS) is 26.7. The van der Waals surface area contributed by atoms with Gasteiger partial charge < -0.3 is 15.2 Å². The van der Waals surface area contributed by atoms with Gasteiger partial charge in [0.05, 0.1) is 7.11 Å². The van der Waals surface area contributed by atoms with Crippen LogP contribution in [0.4, 0.5) is 5.69 Å². The van der Waals surface area contributed by atoms with E-state index in [1.54, 1.807) is 25.4 Å². The molecule has 1 aliphatic carbocycles. The van der Waals surface area contributed by atoms with Crippen LogP contribution in [0.2, 0.25) is 0 Å². The first kappa shape index (κ1) is 13.6. The van der Waals surface area contributed by atoms with E-state index in [0.717, 1.165) is 18.5 Å². The molecule has 1 fully saturated rings. The summed E-state index contributed by atoms with van der Waals surface area (Å²) in [6.45, 7) is 2.10. The molecule has 104 valence electrons. The minimum absolute atomic E-state index is 0.418. The van der Waals surface area contributed by atoms with Gasteiger partial charge >= 0.3 is 5.97 Å². The second kappa shape index (κ2) is 5.47. The van der Waals surface area contributed by atoms with Crippen LogP contribution in [0.15, 0.2) is 18.3 Å². The quantitative estimate of drug-likeness (QED) is 0.874. The Morgan fingerprint density at radius 1 is 1.63 bits per heavy atom. The van der Waals surface area contributed by atoms with Gasteiger partial charge in [0.25, 0.3) is 0 Å². The summed E-state index contributed by atoms with van der Waals surface area (Å²) >= 11 is 0. The van der Waals surface area contributed by atoms with Crippen molar-refractivity contribution in [1.82, 2.24) is 4.98 Å².